The summed E-state index contributed by atoms with van der Waals surface area (Å²) in [5, 5.41) is 4.42. The summed E-state index contributed by atoms with van der Waals surface area (Å²) in [5.41, 5.74) is 8.68. The molecule has 0 saturated heterocycles. The van der Waals surface area contributed by atoms with Gasteiger partial charge in [-0.1, -0.05) is 28.1 Å². The smallest absolute Gasteiger partial charge is 0.0697 e. The first kappa shape index (κ1) is 16.7. The predicted octanol–water partition coefficient (Wildman–Crippen LogP) is 3.21. The quantitative estimate of drug-likeness (QED) is 0.787. The van der Waals surface area contributed by atoms with Gasteiger partial charge in [0, 0.05) is 11.0 Å². The Balaban J connectivity index is 2.12. The van der Waals surface area contributed by atoms with E-state index in [1.165, 1.54) is 5.56 Å². The third kappa shape index (κ3) is 4.64. The molecule has 0 fully saturated rings. The van der Waals surface area contributed by atoms with Gasteiger partial charge < -0.3 is 10.6 Å². The van der Waals surface area contributed by atoms with E-state index in [9.17, 15) is 0 Å². The highest BCUT2D eigenvalue weighted by Gasteiger charge is 2.17. The first-order valence-corrected chi connectivity index (χ1v) is 8.42. The number of benzene rings is 1. The molecule has 4 nitrogen and oxygen atoms in total. The number of aromatic nitrogens is 2. The zero-order chi connectivity index (χ0) is 15.4. The van der Waals surface area contributed by atoms with Gasteiger partial charge in [-0.2, -0.15) is 5.10 Å². The first-order valence-electron chi connectivity index (χ1n) is 6.83. The van der Waals surface area contributed by atoms with Crippen molar-refractivity contribution in [2.75, 3.05) is 20.6 Å². The molecule has 1 atom stereocenters. The molecular weight excluding hydrogens is 396 g/mol. The van der Waals surface area contributed by atoms with Gasteiger partial charge in [0.2, 0.25) is 0 Å². The minimum Gasteiger partial charge on any atom is -0.322 e. The zero-order valence-corrected chi connectivity index (χ0v) is 15.4. The Morgan fingerprint density at radius 1 is 1.24 bits per heavy atom. The van der Waals surface area contributed by atoms with Crippen LogP contribution in [0.3, 0.4) is 0 Å². The van der Waals surface area contributed by atoms with E-state index >= 15 is 0 Å². The summed E-state index contributed by atoms with van der Waals surface area (Å²) in [5.74, 6) is 0. The molecule has 1 aromatic heterocycles. The summed E-state index contributed by atoms with van der Waals surface area (Å²) < 4.78 is 4.05. The van der Waals surface area contributed by atoms with Crippen LogP contribution in [0.25, 0.3) is 0 Å². The molecule has 1 unspecified atom stereocenters. The molecule has 0 spiro atoms. The van der Waals surface area contributed by atoms with Crippen LogP contribution in [0.5, 0.6) is 0 Å². The number of nitrogens with zero attached hydrogens (tertiary/aromatic N) is 3. The molecular formula is C15H20Br2N4. The lowest BCUT2D eigenvalue weighted by Crippen LogP contribution is -2.24. The number of halogens is 2. The summed E-state index contributed by atoms with van der Waals surface area (Å²) in [7, 11) is 4.11. The summed E-state index contributed by atoms with van der Waals surface area (Å²) in [6.07, 6.45) is 2.62. The number of hydrogen-bond donors (Lipinski definition) is 1. The number of nitrogens with two attached hydrogens (primary N) is 1. The van der Waals surface area contributed by atoms with Crippen molar-refractivity contribution in [3.8, 4) is 0 Å². The van der Waals surface area contributed by atoms with Gasteiger partial charge >= 0.3 is 0 Å². The van der Waals surface area contributed by atoms with Crippen molar-refractivity contribution in [2.45, 2.75) is 19.0 Å². The topological polar surface area (TPSA) is 47.1 Å². The molecule has 1 heterocycles. The van der Waals surface area contributed by atoms with Gasteiger partial charge in [0.1, 0.15) is 0 Å². The van der Waals surface area contributed by atoms with Crippen molar-refractivity contribution in [3.05, 3.63) is 50.7 Å². The van der Waals surface area contributed by atoms with Gasteiger partial charge in [-0.05, 0) is 54.1 Å². The SMILES string of the molecule is CN(C)CCn1ncc(Br)c1C(N)Cc1ccc(Br)cc1. The van der Waals surface area contributed by atoms with Crippen LogP contribution in [0.15, 0.2) is 39.4 Å². The molecule has 0 aliphatic carbocycles. The number of rotatable bonds is 6. The van der Waals surface area contributed by atoms with Crippen LogP contribution < -0.4 is 5.73 Å². The molecule has 0 aliphatic rings. The maximum atomic E-state index is 6.40. The van der Waals surface area contributed by atoms with Crippen LogP contribution in [0.4, 0.5) is 0 Å². The molecule has 114 valence electrons. The van der Waals surface area contributed by atoms with Gasteiger partial charge in [-0.15, -0.1) is 0 Å². The second kappa shape index (κ2) is 7.54. The first-order chi connectivity index (χ1) is 9.97. The summed E-state index contributed by atoms with van der Waals surface area (Å²) in [4.78, 5) is 2.14. The fraction of sp³-hybridized carbons (Fsp3) is 0.400. The maximum absolute atomic E-state index is 6.40. The number of hydrogen-bond acceptors (Lipinski definition) is 3. The largest absolute Gasteiger partial charge is 0.322 e. The predicted molar refractivity (Wildman–Crippen MR) is 93.3 cm³/mol. The van der Waals surface area contributed by atoms with E-state index in [2.05, 4.69) is 68.1 Å². The molecule has 1 aromatic carbocycles. The average molecular weight is 416 g/mol. The third-order valence-electron chi connectivity index (χ3n) is 3.31. The Bertz CT molecular complexity index is 578. The molecule has 0 radical (unpaired) electrons. The minimum absolute atomic E-state index is 0.0785. The highest BCUT2D eigenvalue weighted by molar-refractivity contribution is 9.10. The van der Waals surface area contributed by atoms with E-state index in [4.69, 9.17) is 5.73 Å². The normalized spacial score (nSPS) is 12.9. The van der Waals surface area contributed by atoms with Gasteiger partial charge in [0.15, 0.2) is 0 Å². The molecule has 2 rings (SSSR count). The van der Waals surface area contributed by atoms with E-state index in [0.717, 1.165) is 34.1 Å². The highest BCUT2D eigenvalue weighted by Crippen LogP contribution is 2.25. The summed E-state index contributed by atoms with van der Waals surface area (Å²) in [6.45, 7) is 1.77. The molecule has 21 heavy (non-hydrogen) atoms. The lowest BCUT2D eigenvalue weighted by molar-refractivity contribution is 0.366. The average Bonchev–Trinajstić information content (AvgIpc) is 2.80. The molecule has 0 saturated carbocycles. The minimum atomic E-state index is -0.0785. The van der Waals surface area contributed by atoms with Crippen LogP contribution in [0.1, 0.15) is 17.3 Å². The van der Waals surface area contributed by atoms with E-state index in [0.29, 0.717) is 0 Å². The van der Waals surface area contributed by atoms with Crippen molar-refractivity contribution in [2.24, 2.45) is 5.73 Å². The van der Waals surface area contributed by atoms with Crippen LogP contribution >= 0.6 is 31.9 Å². The monoisotopic (exact) mass is 414 g/mol. The van der Waals surface area contributed by atoms with E-state index < -0.39 is 0 Å². The standard InChI is InChI=1S/C15H20Br2N4/c1-20(2)7-8-21-15(13(17)10-19-21)14(18)9-11-3-5-12(16)6-4-11/h3-6,10,14H,7-9,18H2,1-2H3. The summed E-state index contributed by atoms with van der Waals surface area (Å²) >= 11 is 7.02. The van der Waals surface area contributed by atoms with Gasteiger partial charge in [0.25, 0.3) is 0 Å². The Kier molecular flexibility index (Phi) is 5.98. The Hall–Kier alpha value is -0.690. The maximum Gasteiger partial charge on any atom is 0.0697 e. The van der Waals surface area contributed by atoms with Crippen molar-refractivity contribution in [1.82, 2.24) is 14.7 Å². The fourth-order valence-electron chi connectivity index (χ4n) is 2.18. The zero-order valence-electron chi connectivity index (χ0n) is 12.3. The molecule has 0 aliphatic heterocycles. The lowest BCUT2D eigenvalue weighted by Gasteiger charge is -2.17. The van der Waals surface area contributed by atoms with Crippen LogP contribution in [-0.2, 0) is 13.0 Å². The second-order valence-electron chi connectivity index (χ2n) is 5.34. The highest BCUT2D eigenvalue weighted by atomic mass is 79.9. The van der Waals surface area contributed by atoms with Crippen molar-refractivity contribution < 1.29 is 0 Å². The fourth-order valence-corrected chi connectivity index (χ4v) is 3.04. The third-order valence-corrected chi connectivity index (χ3v) is 4.45. The Morgan fingerprint density at radius 3 is 2.52 bits per heavy atom. The Labute approximate surface area is 142 Å². The van der Waals surface area contributed by atoms with E-state index in [-0.39, 0.29) is 6.04 Å². The summed E-state index contributed by atoms with van der Waals surface area (Å²) in [6, 6.07) is 8.20. The Morgan fingerprint density at radius 2 is 1.90 bits per heavy atom. The molecule has 2 N–H and O–H groups in total. The van der Waals surface area contributed by atoms with Gasteiger partial charge in [-0.3, -0.25) is 4.68 Å². The van der Waals surface area contributed by atoms with Crippen LogP contribution in [0, 0.1) is 0 Å². The van der Waals surface area contributed by atoms with Crippen molar-refractivity contribution in [1.29, 1.82) is 0 Å². The van der Waals surface area contributed by atoms with Crippen molar-refractivity contribution >= 4 is 31.9 Å². The van der Waals surface area contributed by atoms with E-state index in [1.807, 2.05) is 23.0 Å². The lowest BCUT2D eigenvalue weighted by atomic mass is 10.0. The van der Waals surface area contributed by atoms with Crippen LogP contribution in [0.2, 0.25) is 0 Å². The van der Waals surface area contributed by atoms with E-state index in [1.54, 1.807) is 0 Å². The second-order valence-corrected chi connectivity index (χ2v) is 7.11. The molecule has 0 bridgehead atoms. The van der Waals surface area contributed by atoms with Gasteiger partial charge in [0.05, 0.1) is 29.0 Å². The molecule has 6 heteroatoms. The molecule has 0 amide bonds. The van der Waals surface area contributed by atoms with Crippen LogP contribution in [-0.4, -0.2) is 35.3 Å². The number of likely N-dealkylation sites (N-methyl/N-ethyl adjacent to an activating group) is 1. The molecule has 2 aromatic rings. The van der Waals surface area contributed by atoms with Gasteiger partial charge in [-0.25, -0.2) is 0 Å². The van der Waals surface area contributed by atoms with Crippen molar-refractivity contribution in [3.63, 3.8) is 0 Å².